The lowest BCUT2D eigenvalue weighted by atomic mass is 9.82. The molecule has 2 heteroatoms. The summed E-state index contributed by atoms with van der Waals surface area (Å²) >= 11 is 0. The van der Waals surface area contributed by atoms with Crippen LogP contribution in [0, 0.1) is 0 Å². The Morgan fingerprint density at radius 1 is 0.525 bits per heavy atom. The van der Waals surface area contributed by atoms with Crippen molar-refractivity contribution in [2.75, 3.05) is 4.90 Å². The van der Waals surface area contributed by atoms with Crippen LogP contribution in [-0.2, 0) is 5.41 Å². The van der Waals surface area contributed by atoms with E-state index in [0.29, 0.717) is 0 Å². The number of anilines is 2. The Hall–Kier alpha value is -6.90. The van der Waals surface area contributed by atoms with Gasteiger partial charge in [-0.1, -0.05) is 153 Å². The zero-order valence-electron chi connectivity index (χ0n) is 33.4. The molecule has 0 saturated heterocycles. The van der Waals surface area contributed by atoms with Gasteiger partial charge in [-0.15, -0.1) is 0 Å². The van der Waals surface area contributed by atoms with Crippen LogP contribution in [0.4, 0.5) is 11.4 Å². The van der Waals surface area contributed by atoms with Gasteiger partial charge in [0.1, 0.15) is 0 Å². The fraction of sp³-hybridized carbons (Fsp3) is 0.123. The quantitative estimate of drug-likeness (QED) is 0.170. The lowest BCUT2D eigenvalue weighted by molar-refractivity contribution is 0.660. The number of nitrogens with zero attached hydrogens (tertiary/aromatic N) is 2. The van der Waals surface area contributed by atoms with E-state index in [9.17, 15) is 0 Å². The fourth-order valence-corrected chi connectivity index (χ4v) is 10.7. The zero-order chi connectivity index (χ0) is 39.2. The maximum absolute atomic E-state index is 2.58. The van der Waals surface area contributed by atoms with Crippen LogP contribution in [0.2, 0.25) is 0 Å². The molecule has 0 radical (unpaired) electrons. The van der Waals surface area contributed by atoms with Crippen LogP contribution < -0.4 is 4.90 Å². The molecule has 8 aromatic rings. The first-order valence-corrected chi connectivity index (χ1v) is 21.2. The average molecular weight is 757 g/mol. The lowest BCUT2D eigenvalue weighted by Gasteiger charge is -2.30. The first-order chi connectivity index (χ1) is 29.0. The van der Waals surface area contributed by atoms with Crippen LogP contribution in [0.15, 0.2) is 194 Å². The predicted octanol–water partition coefficient (Wildman–Crippen LogP) is 14.7. The Balaban J connectivity index is 0.954. The summed E-state index contributed by atoms with van der Waals surface area (Å²) in [6.45, 7) is 4.72. The van der Waals surface area contributed by atoms with Gasteiger partial charge in [-0.2, -0.15) is 0 Å². The molecule has 2 nitrogen and oxygen atoms in total. The van der Waals surface area contributed by atoms with Crippen molar-refractivity contribution in [3.63, 3.8) is 0 Å². The molecule has 2 unspecified atom stereocenters. The molecule has 1 aromatic heterocycles. The highest BCUT2D eigenvalue weighted by molar-refractivity contribution is 6.10. The SMILES string of the molecule is CC1(C)c2ccccc2-c2cc(N3c4ccccc4C4C=C(c5ccc6c(c5)c5ccccc5n6-c5cc(C6=CCCC=C6)cc(-c6ccccc6)c5)C=CC43)ccc21. The summed E-state index contributed by atoms with van der Waals surface area (Å²) in [6.07, 6.45) is 16.5. The van der Waals surface area contributed by atoms with Gasteiger partial charge < -0.3 is 9.47 Å². The van der Waals surface area contributed by atoms with Gasteiger partial charge in [0.05, 0.1) is 17.1 Å². The van der Waals surface area contributed by atoms with Gasteiger partial charge in [0.15, 0.2) is 0 Å². The van der Waals surface area contributed by atoms with Crippen molar-refractivity contribution in [1.82, 2.24) is 4.57 Å². The molecule has 4 aliphatic rings. The molecule has 2 atom stereocenters. The molecule has 0 saturated carbocycles. The minimum Gasteiger partial charge on any atom is -0.333 e. The van der Waals surface area contributed by atoms with Gasteiger partial charge in [0, 0.05) is 39.2 Å². The number of benzene rings is 7. The van der Waals surface area contributed by atoms with Crippen LogP contribution in [0.25, 0.3) is 60.9 Å². The summed E-state index contributed by atoms with van der Waals surface area (Å²) in [7, 11) is 0. The van der Waals surface area contributed by atoms with Crippen molar-refractivity contribution in [3.8, 4) is 27.9 Å². The standard InChI is InChI=1S/C57H44N2/c1-57(2)51-22-12-9-19-45(51)48-36-43(27-28-52(48)57)58-53-23-13-10-20-46(53)49-34-39(25-29-55(49)58)40-26-30-56-50(35-40)47-21-11-14-24-54(47)59(56)44-32-41(37-15-5-3-6-16-37)31-42(33-44)38-17-7-4-8-18-38/h3,5-7,9-36,49,55H,4,8H2,1-2H3. The van der Waals surface area contributed by atoms with Crippen LogP contribution in [0.3, 0.4) is 0 Å². The molecule has 2 heterocycles. The smallest absolute Gasteiger partial charge is 0.0630 e. The van der Waals surface area contributed by atoms with Crippen molar-refractivity contribution in [2.24, 2.45) is 0 Å². The Morgan fingerprint density at radius 2 is 1.31 bits per heavy atom. The van der Waals surface area contributed by atoms with Crippen molar-refractivity contribution in [2.45, 2.75) is 44.1 Å². The second kappa shape index (κ2) is 13.1. The number of fused-ring (bicyclic) bond motifs is 9. The lowest BCUT2D eigenvalue weighted by Crippen LogP contribution is -2.29. The van der Waals surface area contributed by atoms with Gasteiger partial charge in [-0.25, -0.2) is 0 Å². The molecule has 0 fully saturated rings. The average Bonchev–Trinajstić information content (AvgIpc) is 3.89. The third-order valence-electron chi connectivity index (χ3n) is 13.5. The first kappa shape index (κ1) is 34.2. The molecule has 0 amide bonds. The van der Waals surface area contributed by atoms with Gasteiger partial charge in [0.25, 0.3) is 0 Å². The van der Waals surface area contributed by atoms with E-state index in [1.54, 1.807) is 0 Å². The van der Waals surface area contributed by atoms with E-state index < -0.39 is 0 Å². The number of hydrogen-bond donors (Lipinski definition) is 0. The molecular weight excluding hydrogens is 713 g/mol. The van der Waals surface area contributed by atoms with Crippen molar-refractivity contribution in [3.05, 3.63) is 222 Å². The van der Waals surface area contributed by atoms with Gasteiger partial charge >= 0.3 is 0 Å². The number of hydrogen-bond acceptors (Lipinski definition) is 1. The molecule has 7 aromatic carbocycles. The van der Waals surface area contributed by atoms with E-state index >= 15 is 0 Å². The number of aromatic nitrogens is 1. The summed E-state index contributed by atoms with van der Waals surface area (Å²) in [5.41, 5.74) is 20.6. The number of allylic oxidation sites excluding steroid dienone is 6. The third-order valence-corrected chi connectivity index (χ3v) is 13.5. The van der Waals surface area contributed by atoms with E-state index in [1.165, 1.54) is 100 Å². The van der Waals surface area contributed by atoms with Gasteiger partial charge in [-0.05, 0) is 129 Å². The summed E-state index contributed by atoms with van der Waals surface area (Å²) < 4.78 is 2.47. The van der Waals surface area contributed by atoms with Crippen molar-refractivity contribution >= 4 is 44.3 Å². The summed E-state index contributed by atoms with van der Waals surface area (Å²) in [5.74, 6) is 0.238. The molecule has 12 rings (SSSR count). The Bertz CT molecular complexity index is 3150. The molecule has 0 N–H and O–H groups in total. The summed E-state index contributed by atoms with van der Waals surface area (Å²) in [5, 5.41) is 2.54. The van der Waals surface area contributed by atoms with Gasteiger partial charge in [-0.3, -0.25) is 0 Å². The molecular formula is C57H44N2. The number of rotatable bonds is 5. The van der Waals surface area contributed by atoms with E-state index in [2.05, 4.69) is 217 Å². The van der Waals surface area contributed by atoms with Crippen molar-refractivity contribution < 1.29 is 0 Å². The summed E-state index contributed by atoms with van der Waals surface area (Å²) in [4.78, 5) is 2.58. The summed E-state index contributed by atoms with van der Waals surface area (Å²) in [6, 6.07) is 59.3. The third kappa shape index (κ3) is 5.26. The van der Waals surface area contributed by atoms with Crippen LogP contribution in [0.1, 0.15) is 60.4 Å². The molecule has 59 heavy (non-hydrogen) atoms. The molecule has 0 bridgehead atoms. The normalized spacial score (nSPS) is 18.4. The zero-order valence-corrected chi connectivity index (χ0v) is 33.4. The van der Waals surface area contributed by atoms with Gasteiger partial charge in [0.2, 0.25) is 0 Å². The highest BCUT2D eigenvalue weighted by Crippen LogP contribution is 2.53. The largest absolute Gasteiger partial charge is 0.333 e. The minimum absolute atomic E-state index is 0.00875. The Kier molecular flexibility index (Phi) is 7.56. The maximum atomic E-state index is 2.58. The second-order valence-electron chi connectivity index (χ2n) is 17.2. The first-order valence-electron chi connectivity index (χ1n) is 21.2. The van der Waals surface area contributed by atoms with Crippen molar-refractivity contribution in [1.29, 1.82) is 0 Å². The minimum atomic E-state index is -0.00875. The highest BCUT2D eigenvalue weighted by Gasteiger charge is 2.40. The second-order valence-corrected chi connectivity index (χ2v) is 17.2. The Labute approximate surface area is 346 Å². The Morgan fingerprint density at radius 3 is 2.20 bits per heavy atom. The van der Waals surface area contributed by atoms with Crippen LogP contribution >= 0.6 is 0 Å². The molecule has 0 spiro atoms. The van der Waals surface area contributed by atoms with E-state index in [1.807, 2.05) is 0 Å². The molecule has 1 aliphatic heterocycles. The fourth-order valence-electron chi connectivity index (χ4n) is 10.7. The van der Waals surface area contributed by atoms with E-state index in [-0.39, 0.29) is 17.4 Å². The highest BCUT2D eigenvalue weighted by atomic mass is 15.2. The van der Waals surface area contributed by atoms with Crippen LogP contribution in [0.5, 0.6) is 0 Å². The molecule has 282 valence electrons. The number of para-hydroxylation sites is 2. The van der Waals surface area contributed by atoms with E-state index in [0.717, 1.165) is 12.8 Å². The topological polar surface area (TPSA) is 8.17 Å². The maximum Gasteiger partial charge on any atom is 0.0630 e. The van der Waals surface area contributed by atoms with E-state index in [4.69, 9.17) is 0 Å². The monoisotopic (exact) mass is 756 g/mol. The molecule has 3 aliphatic carbocycles. The van der Waals surface area contributed by atoms with Crippen LogP contribution in [-0.4, -0.2) is 10.6 Å². The predicted molar refractivity (Wildman–Crippen MR) is 249 cm³/mol.